The van der Waals surface area contributed by atoms with Crippen molar-refractivity contribution in [2.75, 3.05) is 43.4 Å². The highest BCUT2D eigenvalue weighted by atomic mass is 16.1. The molecule has 0 aromatic carbocycles. The van der Waals surface area contributed by atoms with Gasteiger partial charge in [0.2, 0.25) is 0 Å². The first-order valence-electron chi connectivity index (χ1n) is 11.6. The minimum Gasteiger partial charge on any atom is -0.368 e. The van der Waals surface area contributed by atoms with Gasteiger partial charge < -0.3 is 15.1 Å². The predicted octanol–water partition coefficient (Wildman–Crippen LogP) is 3.25. The third-order valence-corrected chi connectivity index (χ3v) is 6.09. The lowest BCUT2D eigenvalue weighted by atomic mass is 10.1. The molecule has 1 aliphatic heterocycles. The summed E-state index contributed by atoms with van der Waals surface area (Å²) in [5, 5.41) is 7.51. The molecule has 0 spiro atoms. The number of aryl methyl sites for hydroxylation is 2. The maximum atomic E-state index is 13.1. The summed E-state index contributed by atoms with van der Waals surface area (Å²) in [6.45, 7) is 6.00. The van der Waals surface area contributed by atoms with Crippen LogP contribution in [0, 0.1) is 6.92 Å². The molecule has 5 rings (SSSR count). The highest BCUT2D eigenvalue weighted by Crippen LogP contribution is 2.27. The standard InChI is InChI=1S/C26H28N8O/c1-18-13-19(15-27-14-18)21-5-4-6-23(29-21)26(35)30-24-17-33(3)31-25(24)22-8-7-20(16-28-22)34-11-9-32(2)10-12-34/h4-8,13-17H,9-12H2,1-3H3,(H,30,35). The molecule has 0 radical (unpaired) electrons. The van der Waals surface area contributed by atoms with Crippen molar-refractivity contribution >= 4 is 17.3 Å². The number of pyridine rings is 3. The number of likely N-dealkylation sites (N-methyl/N-ethyl adjacent to an activating group) is 1. The number of anilines is 2. The third kappa shape index (κ3) is 5.04. The minimum absolute atomic E-state index is 0.309. The van der Waals surface area contributed by atoms with Crippen LogP contribution in [0.3, 0.4) is 0 Å². The molecule has 0 aliphatic carbocycles. The van der Waals surface area contributed by atoms with Crippen LogP contribution in [0.5, 0.6) is 0 Å². The number of hydrogen-bond donors (Lipinski definition) is 1. The average molecular weight is 469 g/mol. The number of piperazine rings is 1. The number of carbonyl (C=O) groups is 1. The van der Waals surface area contributed by atoms with Gasteiger partial charge in [0.25, 0.3) is 5.91 Å². The van der Waals surface area contributed by atoms with Gasteiger partial charge in [0.1, 0.15) is 11.4 Å². The van der Waals surface area contributed by atoms with E-state index in [1.807, 2.05) is 44.4 Å². The molecular formula is C26H28N8O. The zero-order chi connectivity index (χ0) is 24.4. The smallest absolute Gasteiger partial charge is 0.274 e. The second kappa shape index (κ2) is 9.63. The predicted molar refractivity (Wildman–Crippen MR) is 136 cm³/mol. The number of nitrogens with zero attached hydrogens (tertiary/aromatic N) is 7. The highest BCUT2D eigenvalue weighted by molar-refractivity contribution is 6.04. The summed E-state index contributed by atoms with van der Waals surface area (Å²) in [5.74, 6) is -0.309. The molecule has 178 valence electrons. The summed E-state index contributed by atoms with van der Waals surface area (Å²) in [7, 11) is 3.96. The van der Waals surface area contributed by atoms with Gasteiger partial charge in [-0.15, -0.1) is 0 Å². The van der Waals surface area contributed by atoms with Gasteiger partial charge in [0, 0.05) is 57.4 Å². The van der Waals surface area contributed by atoms with Gasteiger partial charge in [-0.1, -0.05) is 6.07 Å². The number of nitrogens with one attached hydrogen (secondary N) is 1. The second-order valence-corrected chi connectivity index (χ2v) is 8.87. The third-order valence-electron chi connectivity index (χ3n) is 6.09. The first-order valence-corrected chi connectivity index (χ1v) is 11.6. The Labute approximate surface area is 204 Å². The van der Waals surface area contributed by atoms with Crippen molar-refractivity contribution in [2.45, 2.75) is 6.92 Å². The molecule has 4 aromatic rings. The van der Waals surface area contributed by atoms with Crippen LogP contribution in [0.1, 0.15) is 16.1 Å². The highest BCUT2D eigenvalue weighted by Gasteiger charge is 2.18. The maximum absolute atomic E-state index is 13.1. The van der Waals surface area contributed by atoms with Gasteiger partial charge in [-0.25, -0.2) is 4.98 Å². The van der Waals surface area contributed by atoms with E-state index in [1.54, 1.807) is 29.3 Å². The van der Waals surface area contributed by atoms with Gasteiger partial charge >= 0.3 is 0 Å². The van der Waals surface area contributed by atoms with Gasteiger partial charge in [-0.05, 0) is 49.9 Å². The fraction of sp³-hybridized carbons (Fsp3) is 0.269. The van der Waals surface area contributed by atoms with Crippen molar-refractivity contribution in [2.24, 2.45) is 7.05 Å². The largest absolute Gasteiger partial charge is 0.368 e. The van der Waals surface area contributed by atoms with Crippen LogP contribution in [0.4, 0.5) is 11.4 Å². The lowest BCUT2D eigenvalue weighted by Gasteiger charge is -2.33. The van der Waals surface area contributed by atoms with Crippen LogP contribution >= 0.6 is 0 Å². The molecule has 9 nitrogen and oxygen atoms in total. The van der Waals surface area contributed by atoms with Crippen LogP contribution in [0.25, 0.3) is 22.6 Å². The van der Waals surface area contributed by atoms with Gasteiger partial charge in [-0.2, -0.15) is 5.10 Å². The molecule has 35 heavy (non-hydrogen) atoms. The van der Waals surface area contributed by atoms with Gasteiger partial charge in [0.15, 0.2) is 0 Å². The lowest BCUT2D eigenvalue weighted by Crippen LogP contribution is -2.44. The Morgan fingerprint density at radius 1 is 0.971 bits per heavy atom. The van der Waals surface area contributed by atoms with Crippen LogP contribution in [0.2, 0.25) is 0 Å². The molecule has 0 bridgehead atoms. The van der Waals surface area contributed by atoms with Crippen molar-refractivity contribution in [3.8, 4) is 22.6 Å². The van der Waals surface area contributed by atoms with E-state index in [9.17, 15) is 4.79 Å². The van der Waals surface area contributed by atoms with Crippen molar-refractivity contribution in [3.63, 3.8) is 0 Å². The SMILES string of the molecule is Cc1cncc(-c2cccc(C(=O)Nc3cn(C)nc3-c3ccc(N4CCN(C)CC4)cn3)n2)c1. The molecule has 5 heterocycles. The van der Waals surface area contributed by atoms with Crippen LogP contribution < -0.4 is 10.2 Å². The molecule has 1 amide bonds. The van der Waals surface area contributed by atoms with Gasteiger partial charge in [-0.3, -0.25) is 19.4 Å². The van der Waals surface area contributed by atoms with E-state index in [1.165, 1.54) is 0 Å². The summed E-state index contributed by atoms with van der Waals surface area (Å²) in [5.41, 5.74) is 5.91. The van der Waals surface area contributed by atoms with Crippen molar-refractivity contribution in [1.29, 1.82) is 0 Å². The summed E-state index contributed by atoms with van der Waals surface area (Å²) < 4.78 is 1.67. The van der Waals surface area contributed by atoms with Crippen LogP contribution in [-0.4, -0.2) is 68.8 Å². The Balaban J connectivity index is 1.35. The molecule has 0 saturated carbocycles. The Kier molecular flexibility index (Phi) is 6.24. The van der Waals surface area contributed by atoms with E-state index in [0.29, 0.717) is 28.5 Å². The zero-order valence-electron chi connectivity index (χ0n) is 20.1. The maximum Gasteiger partial charge on any atom is 0.274 e. The number of carbonyl (C=O) groups excluding carboxylic acids is 1. The Morgan fingerprint density at radius 3 is 2.54 bits per heavy atom. The van der Waals surface area contributed by atoms with Crippen molar-refractivity contribution in [3.05, 3.63) is 72.4 Å². The van der Waals surface area contributed by atoms with E-state index in [0.717, 1.165) is 43.0 Å². The lowest BCUT2D eigenvalue weighted by molar-refractivity contribution is 0.102. The second-order valence-electron chi connectivity index (χ2n) is 8.87. The Bertz CT molecular complexity index is 1340. The molecule has 1 saturated heterocycles. The summed E-state index contributed by atoms with van der Waals surface area (Å²) in [6, 6.07) is 11.4. The number of rotatable bonds is 5. The topological polar surface area (TPSA) is 92.1 Å². The molecule has 0 unspecified atom stereocenters. The first kappa shape index (κ1) is 22.7. The number of aromatic nitrogens is 5. The molecule has 1 aliphatic rings. The monoisotopic (exact) mass is 468 g/mol. The quantitative estimate of drug-likeness (QED) is 0.481. The molecule has 4 aromatic heterocycles. The summed E-state index contributed by atoms with van der Waals surface area (Å²) in [4.78, 5) is 31.2. The minimum atomic E-state index is -0.309. The van der Waals surface area contributed by atoms with Crippen molar-refractivity contribution in [1.82, 2.24) is 29.6 Å². The van der Waals surface area contributed by atoms with Crippen LogP contribution in [-0.2, 0) is 7.05 Å². The van der Waals surface area contributed by atoms with E-state index >= 15 is 0 Å². The summed E-state index contributed by atoms with van der Waals surface area (Å²) in [6.07, 6.45) is 7.18. The fourth-order valence-corrected chi connectivity index (χ4v) is 4.15. The van der Waals surface area contributed by atoms with E-state index < -0.39 is 0 Å². The molecule has 9 heteroatoms. The Hall–Kier alpha value is -4.11. The van der Waals surface area contributed by atoms with Crippen molar-refractivity contribution < 1.29 is 4.79 Å². The van der Waals surface area contributed by atoms with Gasteiger partial charge in [0.05, 0.1) is 29.0 Å². The van der Waals surface area contributed by atoms with E-state index in [-0.39, 0.29) is 5.91 Å². The molecule has 1 N–H and O–H groups in total. The number of hydrogen-bond acceptors (Lipinski definition) is 7. The number of amides is 1. The molecular weight excluding hydrogens is 440 g/mol. The zero-order valence-corrected chi connectivity index (χ0v) is 20.1. The fourth-order valence-electron chi connectivity index (χ4n) is 4.15. The van der Waals surface area contributed by atoms with Crippen LogP contribution in [0.15, 0.2) is 61.2 Å². The molecule has 1 fully saturated rings. The first-order chi connectivity index (χ1) is 17.0. The Morgan fingerprint density at radius 2 is 1.80 bits per heavy atom. The average Bonchev–Trinajstić information content (AvgIpc) is 3.24. The van der Waals surface area contributed by atoms with E-state index in [2.05, 4.69) is 48.3 Å². The normalized spacial score (nSPS) is 14.2. The molecule has 0 atom stereocenters. The summed E-state index contributed by atoms with van der Waals surface area (Å²) >= 11 is 0. The van der Waals surface area contributed by atoms with E-state index in [4.69, 9.17) is 0 Å².